The highest BCUT2D eigenvalue weighted by molar-refractivity contribution is 5.23. The molecule has 0 spiro atoms. The number of nitroso groups, excluding NO2 is 1. The largest absolute Gasteiger partial charge is 0.303 e. The third-order valence-electron chi connectivity index (χ3n) is 6.73. The zero-order valence-electron chi connectivity index (χ0n) is 17.8. The van der Waals surface area contributed by atoms with Crippen molar-refractivity contribution in [3.63, 3.8) is 0 Å². The molecule has 6 nitrogen and oxygen atoms in total. The number of piperidine rings is 1. The van der Waals surface area contributed by atoms with Gasteiger partial charge in [-0.2, -0.15) is 4.91 Å². The smallest absolute Gasteiger partial charge is 0.256 e. The summed E-state index contributed by atoms with van der Waals surface area (Å²) in [4.78, 5) is 31.3. The first-order valence-electron chi connectivity index (χ1n) is 11.1. The molecule has 0 radical (unpaired) electrons. The number of aromatic nitrogens is 2. The van der Waals surface area contributed by atoms with Crippen molar-refractivity contribution in [1.29, 1.82) is 0 Å². The highest BCUT2D eigenvalue weighted by Gasteiger charge is 2.30. The Balaban J connectivity index is 1.37. The number of halogens is 2. The summed E-state index contributed by atoms with van der Waals surface area (Å²) in [5, 5.41) is 3.17. The van der Waals surface area contributed by atoms with E-state index in [9.17, 15) is 18.5 Å². The Morgan fingerprint density at radius 3 is 2.68 bits per heavy atom. The molecule has 1 fully saturated rings. The number of benzene rings is 1. The van der Waals surface area contributed by atoms with Gasteiger partial charge in [0.2, 0.25) is 0 Å². The summed E-state index contributed by atoms with van der Waals surface area (Å²) in [7, 11) is 0. The third kappa shape index (κ3) is 4.59. The molecule has 31 heavy (non-hydrogen) atoms. The summed E-state index contributed by atoms with van der Waals surface area (Å²) in [6.07, 6.45) is 5.01. The molecular formula is C23H28F2N4O2. The van der Waals surface area contributed by atoms with E-state index >= 15 is 0 Å². The van der Waals surface area contributed by atoms with E-state index in [0.717, 1.165) is 68.6 Å². The topological polar surface area (TPSA) is 67.6 Å². The summed E-state index contributed by atoms with van der Waals surface area (Å²) in [6.45, 7) is 4.90. The molecule has 8 heteroatoms. The van der Waals surface area contributed by atoms with Crippen molar-refractivity contribution in [3.05, 3.63) is 67.7 Å². The first-order chi connectivity index (χ1) is 15.0. The Hall–Kier alpha value is -2.48. The Morgan fingerprint density at radius 1 is 1.19 bits per heavy atom. The average molecular weight is 430 g/mol. The first-order valence-corrected chi connectivity index (χ1v) is 11.1. The molecule has 1 aromatic heterocycles. The summed E-state index contributed by atoms with van der Waals surface area (Å²) in [5.74, 6) is -0.559. The highest BCUT2D eigenvalue weighted by Crippen LogP contribution is 2.35. The van der Waals surface area contributed by atoms with Crippen LogP contribution in [0.25, 0.3) is 0 Å². The SMILES string of the molecule is Cc1nc2n(c(=O)c1CCN1CCC(C(N=O)c3ccc(F)cc3F)CC1)CCCC2. The monoisotopic (exact) mass is 430 g/mol. The minimum absolute atomic E-state index is 0.0773. The van der Waals surface area contributed by atoms with E-state index in [1.165, 1.54) is 12.1 Å². The van der Waals surface area contributed by atoms with Crippen molar-refractivity contribution in [3.8, 4) is 0 Å². The van der Waals surface area contributed by atoms with Crippen LogP contribution in [-0.2, 0) is 19.4 Å². The van der Waals surface area contributed by atoms with E-state index in [4.69, 9.17) is 0 Å². The van der Waals surface area contributed by atoms with Gasteiger partial charge in [-0.3, -0.25) is 9.36 Å². The van der Waals surface area contributed by atoms with Crippen LogP contribution in [0.15, 0.2) is 28.2 Å². The minimum atomic E-state index is -0.806. The molecule has 166 valence electrons. The molecule has 1 unspecified atom stereocenters. The van der Waals surface area contributed by atoms with Crippen LogP contribution in [0.4, 0.5) is 8.78 Å². The van der Waals surface area contributed by atoms with Gasteiger partial charge in [-0.15, -0.1) is 0 Å². The summed E-state index contributed by atoms with van der Waals surface area (Å²) in [6, 6.07) is 2.48. The zero-order valence-corrected chi connectivity index (χ0v) is 17.8. The lowest BCUT2D eigenvalue weighted by Crippen LogP contribution is -2.38. The van der Waals surface area contributed by atoms with Crippen molar-refractivity contribution >= 4 is 0 Å². The molecule has 0 bridgehead atoms. The van der Waals surface area contributed by atoms with Crippen molar-refractivity contribution < 1.29 is 8.78 Å². The van der Waals surface area contributed by atoms with Crippen LogP contribution >= 0.6 is 0 Å². The van der Waals surface area contributed by atoms with Crippen molar-refractivity contribution in [2.75, 3.05) is 19.6 Å². The fourth-order valence-corrected chi connectivity index (χ4v) is 4.92. The zero-order chi connectivity index (χ0) is 22.0. The van der Waals surface area contributed by atoms with Gasteiger partial charge < -0.3 is 4.90 Å². The first kappa shape index (κ1) is 21.7. The lowest BCUT2D eigenvalue weighted by atomic mass is 9.85. The van der Waals surface area contributed by atoms with Crippen molar-refractivity contribution in [1.82, 2.24) is 14.5 Å². The van der Waals surface area contributed by atoms with Gasteiger partial charge in [-0.25, -0.2) is 13.8 Å². The van der Waals surface area contributed by atoms with E-state index in [-0.39, 0.29) is 17.0 Å². The maximum absolute atomic E-state index is 14.1. The van der Waals surface area contributed by atoms with Gasteiger partial charge in [0.15, 0.2) is 0 Å². The van der Waals surface area contributed by atoms with Crippen LogP contribution in [0.3, 0.4) is 0 Å². The van der Waals surface area contributed by atoms with Crippen molar-refractivity contribution in [2.24, 2.45) is 11.1 Å². The highest BCUT2D eigenvalue weighted by atomic mass is 19.1. The Morgan fingerprint density at radius 2 is 1.97 bits per heavy atom. The molecule has 0 N–H and O–H groups in total. The van der Waals surface area contributed by atoms with Gasteiger partial charge >= 0.3 is 0 Å². The minimum Gasteiger partial charge on any atom is -0.303 e. The summed E-state index contributed by atoms with van der Waals surface area (Å²) < 4.78 is 29.2. The quantitative estimate of drug-likeness (QED) is 0.652. The Labute approximate surface area is 180 Å². The molecule has 3 heterocycles. The van der Waals surface area contributed by atoms with Gasteiger partial charge in [-0.05, 0) is 64.1 Å². The molecule has 0 amide bonds. The lowest BCUT2D eigenvalue weighted by Gasteiger charge is -2.34. The second-order valence-electron chi connectivity index (χ2n) is 8.65. The van der Waals surface area contributed by atoms with Gasteiger partial charge in [0.1, 0.15) is 23.5 Å². The fraction of sp³-hybridized carbons (Fsp3) is 0.565. The number of nitrogens with zero attached hydrogens (tertiary/aromatic N) is 4. The predicted octanol–water partition coefficient (Wildman–Crippen LogP) is 3.93. The molecule has 1 saturated heterocycles. The normalized spacial score (nSPS) is 18.5. The number of likely N-dealkylation sites (tertiary alicyclic amines) is 1. The molecule has 4 rings (SSSR count). The average Bonchev–Trinajstić information content (AvgIpc) is 2.76. The van der Waals surface area contributed by atoms with Crippen LogP contribution in [0.1, 0.15) is 54.4 Å². The van der Waals surface area contributed by atoms with Gasteiger partial charge in [0.05, 0.1) is 0 Å². The van der Waals surface area contributed by atoms with Crippen LogP contribution in [0, 0.1) is 29.4 Å². The second kappa shape index (κ2) is 9.34. The summed E-state index contributed by atoms with van der Waals surface area (Å²) >= 11 is 0. The van der Waals surface area contributed by atoms with Crippen molar-refractivity contribution in [2.45, 2.75) is 58.0 Å². The van der Waals surface area contributed by atoms with Gasteiger partial charge in [0, 0.05) is 42.4 Å². The second-order valence-corrected chi connectivity index (χ2v) is 8.65. The number of fused-ring (bicyclic) bond motifs is 1. The predicted molar refractivity (Wildman–Crippen MR) is 114 cm³/mol. The molecule has 2 aliphatic heterocycles. The molecule has 0 saturated carbocycles. The van der Waals surface area contributed by atoms with E-state index in [1.54, 1.807) is 0 Å². The fourth-order valence-electron chi connectivity index (χ4n) is 4.92. The van der Waals surface area contributed by atoms with Crippen LogP contribution in [0.2, 0.25) is 0 Å². The molecular weight excluding hydrogens is 402 g/mol. The standard InChI is InChI=1S/C23H28F2N4O2/c1-15-18(23(30)29-10-3-2-4-21(29)26-15)9-13-28-11-7-16(8-12-28)22(27-31)19-6-5-17(24)14-20(19)25/h5-6,14,16,22H,2-4,7-13H2,1H3. The van der Waals surface area contributed by atoms with Crippen LogP contribution < -0.4 is 5.56 Å². The summed E-state index contributed by atoms with van der Waals surface area (Å²) in [5.41, 5.74) is 1.87. The number of hydrogen-bond donors (Lipinski definition) is 0. The van der Waals surface area contributed by atoms with Gasteiger partial charge in [-0.1, -0.05) is 11.2 Å². The molecule has 1 atom stereocenters. The lowest BCUT2D eigenvalue weighted by molar-refractivity contribution is 0.169. The Kier molecular flexibility index (Phi) is 6.55. The maximum atomic E-state index is 14.1. The molecule has 1 aromatic carbocycles. The van der Waals surface area contributed by atoms with E-state index in [0.29, 0.717) is 19.3 Å². The van der Waals surface area contributed by atoms with E-state index < -0.39 is 17.7 Å². The van der Waals surface area contributed by atoms with Crippen LogP contribution in [-0.4, -0.2) is 34.1 Å². The number of aryl methyl sites for hydroxylation is 2. The number of rotatable bonds is 6. The van der Waals surface area contributed by atoms with Crippen LogP contribution in [0.5, 0.6) is 0 Å². The van der Waals surface area contributed by atoms with E-state index in [2.05, 4.69) is 15.1 Å². The molecule has 2 aliphatic rings. The van der Waals surface area contributed by atoms with E-state index in [1.807, 2.05) is 11.5 Å². The third-order valence-corrected chi connectivity index (χ3v) is 6.73. The molecule has 2 aromatic rings. The Bertz CT molecular complexity index is 1020. The molecule has 0 aliphatic carbocycles. The van der Waals surface area contributed by atoms with Gasteiger partial charge in [0.25, 0.3) is 5.56 Å². The maximum Gasteiger partial charge on any atom is 0.256 e. The number of hydrogen-bond acceptors (Lipinski definition) is 5.